The summed E-state index contributed by atoms with van der Waals surface area (Å²) < 4.78 is 29.6. The van der Waals surface area contributed by atoms with Gasteiger partial charge >= 0.3 is 0 Å². The van der Waals surface area contributed by atoms with Crippen molar-refractivity contribution in [3.05, 3.63) is 34.4 Å². The van der Waals surface area contributed by atoms with Crippen LogP contribution in [0.5, 0.6) is 0 Å². The maximum absolute atomic E-state index is 12.3. The minimum absolute atomic E-state index is 0.00545. The van der Waals surface area contributed by atoms with Crippen molar-refractivity contribution in [2.24, 2.45) is 0 Å². The Labute approximate surface area is 126 Å². The Bertz CT molecular complexity index is 740. The standard InChI is InChI=1S/C12H15BrN4O2S/c1-3-17-7-11(12(14)15-17)20(18,19)16-10-5-4-9(13)6-8(10)2/h4-7,16H,3H2,1-2H3,(H2,14,15). The van der Waals surface area contributed by atoms with Crippen LogP contribution in [0.2, 0.25) is 0 Å². The smallest absolute Gasteiger partial charge is 0.267 e. The second-order valence-electron chi connectivity index (χ2n) is 4.30. The third kappa shape index (κ3) is 2.96. The molecule has 0 saturated heterocycles. The van der Waals surface area contributed by atoms with E-state index >= 15 is 0 Å². The number of nitrogens with one attached hydrogen (secondary N) is 1. The molecule has 0 atom stereocenters. The minimum atomic E-state index is -3.74. The largest absolute Gasteiger partial charge is 0.381 e. The number of anilines is 2. The molecule has 108 valence electrons. The Morgan fingerprint density at radius 3 is 2.70 bits per heavy atom. The molecule has 20 heavy (non-hydrogen) atoms. The Hall–Kier alpha value is -1.54. The fraction of sp³-hybridized carbons (Fsp3) is 0.250. The van der Waals surface area contributed by atoms with E-state index in [1.165, 1.54) is 10.9 Å². The highest BCUT2D eigenvalue weighted by atomic mass is 79.9. The van der Waals surface area contributed by atoms with Crippen LogP contribution in [0.4, 0.5) is 11.5 Å². The van der Waals surface area contributed by atoms with Gasteiger partial charge in [0.1, 0.15) is 4.90 Å². The molecule has 0 amide bonds. The molecule has 0 aliphatic carbocycles. The number of rotatable bonds is 4. The molecule has 0 saturated carbocycles. The van der Waals surface area contributed by atoms with Crippen molar-refractivity contribution < 1.29 is 8.42 Å². The number of benzene rings is 1. The van der Waals surface area contributed by atoms with Gasteiger partial charge in [-0.3, -0.25) is 9.40 Å². The highest BCUT2D eigenvalue weighted by molar-refractivity contribution is 9.10. The van der Waals surface area contributed by atoms with Crippen molar-refractivity contribution in [2.75, 3.05) is 10.5 Å². The van der Waals surface area contributed by atoms with Crippen LogP contribution in [0.15, 0.2) is 33.8 Å². The van der Waals surface area contributed by atoms with Crippen molar-refractivity contribution in [1.82, 2.24) is 9.78 Å². The van der Waals surface area contributed by atoms with E-state index in [1.54, 1.807) is 12.1 Å². The molecule has 0 aliphatic rings. The van der Waals surface area contributed by atoms with E-state index < -0.39 is 10.0 Å². The zero-order valence-electron chi connectivity index (χ0n) is 11.1. The number of aromatic nitrogens is 2. The van der Waals surface area contributed by atoms with Gasteiger partial charge in [0.15, 0.2) is 5.82 Å². The average molecular weight is 359 g/mol. The lowest BCUT2D eigenvalue weighted by molar-refractivity contribution is 0.600. The molecule has 0 unspecified atom stereocenters. The molecular weight excluding hydrogens is 344 g/mol. The summed E-state index contributed by atoms with van der Waals surface area (Å²) >= 11 is 3.33. The number of nitrogen functional groups attached to an aromatic ring is 1. The molecule has 2 rings (SSSR count). The average Bonchev–Trinajstić information content (AvgIpc) is 2.75. The topological polar surface area (TPSA) is 90.0 Å². The second kappa shape index (κ2) is 5.45. The summed E-state index contributed by atoms with van der Waals surface area (Å²) in [6, 6.07) is 5.29. The number of aryl methyl sites for hydroxylation is 2. The first-order valence-corrected chi connectivity index (χ1v) is 8.23. The van der Waals surface area contributed by atoms with Crippen LogP contribution >= 0.6 is 15.9 Å². The van der Waals surface area contributed by atoms with Crippen molar-refractivity contribution in [3.8, 4) is 0 Å². The summed E-state index contributed by atoms with van der Waals surface area (Å²) in [6.45, 7) is 4.23. The normalized spacial score (nSPS) is 11.6. The molecule has 1 heterocycles. The molecule has 0 aliphatic heterocycles. The number of nitrogens with zero attached hydrogens (tertiary/aromatic N) is 2. The summed E-state index contributed by atoms with van der Waals surface area (Å²) in [5, 5.41) is 3.94. The molecule has 6 nitrogen and oxygen atoms in total. The van der Waals surface area contributed by atoms with Crippen molar-refractivity contribution >= 4 is 37.5 Å². The first-order chi connectivity index (χ1) is 9.33. The first kappa shape index (κ1) is 14.9. The maximum atomic E-state index is 12.3. The van der Waals surface area contributed by atoms with Crippen LogP contribution in [0.1, 0.15) is 12.5 Å². The number of nitrogens with two attached hydrogens (primary N) is 1. The fourth-order valence-electron chi connectivity index (χ4n) is 1.73. The lowest BCUT2D eigenvalue weighted by Gasteiger charge is -2.09. The lowest BCUT2D eigenvalue weighted by atomic mass is 10.2. The molecule has 2 aromatic rings. The zero-order chi connectivity index (χ0) is 14.9. The van der Waals surface area contributed by atoms with E-state index in [0.717, 1.165) is 10.0 Å². The molecule has 3 N–H and O–H groups in total. The highest BCUT2D eigenvalue weighted by Gasteiger charge is 2.21. The predicted molar refractivity (Wildman–Crippen MR) is 82.0 cm³/mol. The second-order valence-corrected chi connectivity index (χ2v) is 6.87. The SMILES string of the molecule is CCn1cc(S(=O)(=O)Nc2ccc(Br)cc2C)c(N)n1. The van der Waals surface area contributed by atoms with Crippen LogP contribution in [0.3, 0.4) is 0 Å². The predicted octanol–water partition coefficient (Wildman–Crippen LogP) is 2.36. The Morgan fingerprint density at radius 2 is 2.15 bits per heavy atom. The van der Waals surface area contributed by atoms with E-state index in [-0.39, 0.29) is 10.7 Å². The fourth-order valence-corrected chi connectivity index (χ4v) is 3.41. The quantitative estimate of drug-likeness (QED) is 0.877. The Kier molecular flexibility index (Phi) is 4.05. The molecular formula is C12H15BrN4O2S. The first-order valence-electron chi connectivity index (χ1n) is 5.95. The zero-order valence-corrected chi connectivity index (χ0v) is 13.5. The van der Waals surface area contributed by atoms with Crippen LogP contribution in [0, 0.1) is 6.92 Å². The van der Waals surface area contributed by atoms with Crippen LogP contribution in [-0.2, 0) is 16.6 Å². The van der Waals surface area contributed by atoms with Gasteiger partial charge in [0, 0.05) is 17.2 Å². The Morgan fingerprint density at radius 1 is 1.45 bits per heavy atom. The number of hydrogen-bond acceptors (Lipinski definition) is 4. The molecule has 1 aromatic heterocycles. The lowest BCUT2D eigenvalue weighted by Crippen LogP contribution is -2.14. The van der Waals surface area contributed by atoms with Crippen molar-refractivity contribution in [3.63, 3.8) is 0 Å². The minimum Gasteiger partial charge on any atom is -0.381 e. The van der Waals surface area contributed by atoms with E-state index in [1.807, 2.05) is 19.9 Å². The monoisotopic (exact) mass is 358 g/mol. The van der Waals surface area contributed by atoms with Crippen LogP contribution in [-0.4, -0.2) is 18.2 Å². The van der Waals surface area contributed by atoms with E-state index in [4.69, 9.17) is 5.73 Å². The number of sulfonamides is 1. The van der Waals surface area contributed by atoms with Gasteiger partial charge in [-0.2, -0.15) is 5.10 Å². The third-order valence-electron chi connectivity index (χ3n) is 2.80. The maximum Gasteiger partial charge on any atom is 0.267 e. The van der Waals surface area contributed by atoms with Crippen molar-refractivity contribution in [2.45, 2.75) is 25.3 Å². The van der Waals surface area contributed by atoms with E-state index in [2.05, 4.69) is 25.8 Å². The highest BCUT2D eigenvalue weighted by Crippen LogP contribution is 2.24. The molecule has 0 spiro atoms. The molecule has 0 fully saturated rings. The third-order valence-corrected chi connectivity index (χ3v) is 4.68. The summed E-state index contributed by atoms with van der Waals surface area (Å²) in [5.41, 5.74) is 6.98. The Balaban J connectivity index is 2.38. The molecule has 0 radical (unpaired) electrons. The molecule has 0 bridgehead atoms. The van der Waals surface area contributed by atoms with Crippen LogP contribution < -0.4 is 10.5 Å². The van der Waals surface area contributed by atoms with E-state index in [9.17, 15) is 8.42 Å². The summed E-state index contributed by atoms with van der Waals surface area (Å²) in [7, 11) is -3.74. The van der Waals surface area contributed by atoms with Gasteiger partial charge in [-0.1, -0.05) is 15.9 Å². The van der Waals surface area contributed by atoms with Gasteiger partial charge in [-0.15, -0.1) is 0 Å². The summed E-state index contributed by atoms with van der Waals surface area (Å²) in [4.78, 5) is -0.0123. The molecule has 8 heteroatoms. The van der Waals surface area contributed by atoms with Crippen LogP contribution in [0.25, 0.3) is 0 Å². The van der Waals surface area contributed by atoms with E-state index in [0.29, 0.717) is 12.2 Å². The van der Waals surface area contributed by atoms with Gasteiger partial charge in [0.25, 0.3) is 10.0 Å². The summed E-state index contributed by atoms with van der Waals surface area (Å²) in [6.07, 6.45) is 1.42. The van der Waals surface area contributed by atoms with Gasteiger partial charge in [0.05, 0.1) is 5.69 Å². The van der Waals surface area contributed by atoms with Gasteiger partial charge < -0.3 is 5.73 Å². The van der Waals surface area contributed by atoms with Gasteiger partial charge in [-0.05, 0) is 37.6 Å². The molecule has 1 aromatic carbocycles. The summed E-state index contributed by atoms with van der Waals surface area (Å²) in [5.74, 6) is -0.00545. The number of halogens is 1. The number of hydrogen-bond donors (Lipinski definition) is 2. The van der Waals surface area contributed by atoms with Gasteiger partial charge in [0.2, 0.25) is 0 Å². The van der Waals surface area contributed by atoms with Crippen molar-refractivity contribution in [1.29, 1.82) is 0 Å². The van der Waals surface area contributed by atoms with Gasteiger partial charge in [-0.25, -0.2) is 8.42 Å².